The summed E-state index contributed by atoms with van der Waals surface area (Å²) in [5.74, 6) is 0.563. The lowest BCUT2D eigenvalue weighted by atomic mass is 9.91. The van der Waals surface area contributed by atoms with E-state index in [0.717, 1.165) is 40.3 Å². The fourth-order valence-corrected chi connectivity index (χ4v) is 2.52. The quantitative estimate of drug-likeness (QED) is 0.677. The number of rotatable bonds is 0. The summed E-state index contributed by atoms with van der Waals surface area (Å²) < 4.78 is 0. The second kappa shape index (κ2) is 3.52. The largest absolute Gasteiger partial charge is 0.507 e. The molecule has 3 rings (SSSR count). The third-order valence-electron chi connectivity index (χ3n) is 3.38. The third-order valence-corrected chi connectivity index (χ3v) is 3.38. The molecule has 17 heavy (non-hydrogen) atoms. The summed E-state index contributed by atoms with van der Waals surface area (Å²) in [6.45, 7) is 1.91. The fraction of sp³-hybridized carbons (Fsp3) is 0.200. The Bertz CT molecular complexity index is 639. The molecular weight excluding hydrogens is 212 g/mol. The molecule has 0 atom stereocenters. The van der Waals surface area contributed by atoms with E-state index in [1.54, 1.807) is 6.07 Å². The van der Waals surface area contributed by atoms with Crippen LogP contribution in [0.1, 0.15) is 16.7 Å². The van der Waals surface area contributed by atoms with Gasteiger partial charge in [0, 0.05) is 16.3 Å². The summed E-state index contributed by atoms with van der Waals surface area (Å²) >= 11 is 0. The lowest BCUT2D eigenvalue weighted by Gasteiger charge is -2.16. The van der Waals surface area contributed by atoms with Crippen molar-refractivity contribution >= 4 is 10.8 Å². The number of phenols is 2. The van der Waals surface area contributed by atoms with E-state index in [2.05, 4.69) is 12.2 Å². The minimum Gasteiger partial charge on any atom is -0.507 e. The second-order valence-electron chi connectivity index (χ2n) is 4.62. The van der Waals surface area contributed by atoms with E-state index >= 15 is 0 Å². The van der Waals surface area contributed by atoms with Crippen LogP contribution in [0.2, 0.25) is 0 Å². The predicted octanol–water partition coefficient (Wildman–Crippen LogP) is 3.21. The summed E-state index contributed by atoms with van der Waals surface area (Å²) in [5, 5.41) is 21.7. The number of hydrogen-bond donors (Lipinski definition) is 2. The molecule has 1 aliphatic rings. The summed E-state index contributed by atoms with van der Waals surface area (Å²) in [7, 11) is 0. The minimum absolute atomic E-state index is 0.243. The van der Waals surface area contributed by atoms with Crippen molar-refractivity contribution in [3.05, 3.63) is 47.0 Å². The van der Waals surface area contributed by atoms with Gasteiger partial charge in [0.2, 0.25) is 0 Å². The van der Waals surface area contributed by atoms with Crippen molar-refractivity contribution in [2.75, 3.05) is 0 Å². The third kappa shape index (κ3) is 1.48. The molecule has 0 unspecified atom stereocenters. The van der Waals surface area contributed by atoms with Gasteiger partial charge in [0.1, 0.15) is 11.5 Å². The lowest BCUT2D eigenvalue weighted by Crippen LogP contribution is -1.98. The Hall–Kier alpha value is -1.96. The normalized spacial score (nSPS) is 13.9. The number of aryl methyl sites for hydroxylation is 1. The van der Waals surface area contributed by atoms with Gasteiger partial charge in [0.25, 0.3) is 0 Å². The molecule has 2 nitrogen and oxygen atoms in total. The van der Waals surface area contributed by atoms with Crippen LogP contribution in [0.3, 0.4) is 0 Å². The molecule has 0 bridgehead atoms. The van der Waals surface area contributed by atoms with Crippen LogP contribution >= 0.6 is 0 Å². The number of hydrogen-bond acceptors (Lipinski definition) is 2. The van der Waals surface area contributed by atoms with E-state index in [4.69, 9.17) is 0 Å². The molecule has 2 N–H and O–H groups in total. The van der Waals surface area contributed by atoms with Crippen LogP contribution in [0.5, 0.6) is 11.5 Å². The highest BCUT2D eigenvalue weighted by Gasteiger charge is 2.15. The standard InChI is InChI=1S/C15H14O2/c1-9-6-13-12(14(16)7-9)8-10-4-2-3-5-11(10)15(13)17/h2-3,6-8,16-17H,4-5H2,1H3. The number of phenolic OH excluding ortho intramolecular Hbond substituents is 2. The topological polar surface area (TPSA) is 40.5 Å². The van der Waals surface area contributed by atoms with Gasteiger partial charge in [-0.1, -0.05) is 12.2 Å². The van der Waals surface area contributed by atoms with Crippen LogP contribution < -0.4 is 0 Å². The van der Waals surface area contributed by atoms with Crippen molar-refractivity contribution in [2.45, 2.75) is 19.8 Å². The van der Waals surface area contributed by atoms with E-state index in [1.807, 2.05) is 19.1 Å². The van der Waals surface area contributed by atoms with Crippen molar-refractivity contribution in [1.29, 1.82) is 0 Å². The van der Waals surface area contributed by atoms with Gasteiger partial charge < -0.3 is 10.2 Å². The Balaban J connectivity index is 2.42. The summed E-state index contributed by atoms with van der Waals surface area (Å²) in [5.41, 5.74) is 3.05. The molecule has 86 valence electrons. The molecule has 0 saturated carbocycles. The van der Waals surface area contributed by atoms with E-state index < -0.39 is 0 Å². The zero-order valence-corrected chi connectivity index (χ0v) is 9.70. The van der Waals surface area contributed by atoms with Gasteiger partial charge in [-0.2, -0.15) is 0 Å². The highest BCUT2D eigenvalue weighted by atomic mass is 16.3. The van der Waals surface area contributed by atoms with Crippen molar-refractivity contribution in [3.8, 4) is 11.5 Å². The van der Waals surface area contributed by atoms with Crippen LogP contribution in [0, 0.1) is 6.92 Å². The Morgan fingerprint density at radius 2 is 1.71 bits per heavy atom. The van der Waals surface area contributed by atoms with E-state index in [-0.39, 0.29) is 5.75 Å². The van der Waals surface area contributed by atoms with Crippen LogP contribution in [0.25, 0.3) is 10.8 Å². The Morgan fingerprint density at radius 3 is 2.53 bits per heavy atom. The molecule has 2 aromatic rings. The maximum atomic E-state index is 10.3. The SMILES string of the molecule is Cc1cc(O)c2cc3c(c(O)c2c1)CC=CC3. The molecule has 0 spiro atoms. The molecule has 0 amide bonds. The van der Waals surface area contributed by atoms with Crippen LogP contribution in [-0.4, -0.2) is 10.2 Å². The average molecular weight is 226 g/mol. The fourth-order valence-electron chi connectivity index (χ4n) is 2.52. The molecule has 0 aromatic heterocycles. The van der Waals surface area contributed by atoms with Crippen molar-refractivity contribution in [3.63, 3.8) is 0 Å². The summed E-state index contributed by atoms with van der Waals surface area (Å²) in [6, 6.07) is 5.64. The molecular formula is C15H14O2. The maximum absolute atomic E-state index is 10.3. The minimum atomic E-state index is 0.243. The highest BCUT2D eigenvalue weighted by Crippen LogP contribution is 2.38. The molecule has 2 aromatic carbocycles. The first-order valence-corrected chi connectivity index (χ1v) is 5.79. The summed E-state index contributed by atoms with van der Waals surface area (Å²) in [4.78, 5) is 0. The second-order valence-corrected chi connectivity index (χ2v) is 4.62. The smallest absolute Gasteiger partial charge is 0.127 e. The van der Waals surface area contributed by atoms with Gasteiger partial charge in [-0.05, 0) is 49.1 Å². The molecule has 0 saturated heterocycles. The lowest BCUT2D eigenvalue weighted by molar-refractivity contribution is 0.471. The number of allylic oxidation sites excluding steroid dienone is 2. The van der Waals surface area contributed by atoms with Crippen molar-refractivity contribution in [1.82, 2.24) is 0 Å². The van der Waals surface area contributed by atoms with Gasteiger partial charge in [-0.3, -0.25) is 0 Å². The Labute approximate surface area is 99.8 Å². The Morgan fingerprint density at radius 1 is 0.941 bits per heavy atom. The predicted molar refractivity (Wildman–Crippen MR) is 68.6 cm³/mol. The van der Waals surface area contributed by atoms with E-state index in [1.165, 1.54) is 0 Å². The van der Waals surface area contributed by atoms with Gasteiger partial charge in [0.15, 0.2) is 0 Å². The van der Waals surface area contributed by atoms with Crippen LogP contribution in [0.15, 0.2) is 30.4 Å². The van der Waals surface area contributed by atoms with Crippen molar-refractivity contribution in [2.24, 2.45) is 0 Å². The highest BCUT2D eigenvalue weighted by molar-refractivity contribution is 5.95. The van der Waals surface area contributed by atoms with Gasteiger partial charge in [-0.15, -0.1) is 0 Å². The maximum Gasteiger partial charge on any atom is 0.127 e. The summed E-state index contributed by atoms with van der Waals surface area (Å²) in [6.07, 6.45) is 5.76. The Kier molecular flexibility index (Phi) is 2.11. The zero-order chi connectivity index (χ0) is 12.0. The van der Waals surface area contributed by atoms with Crippen molar-refractivity contribution < 1.29 is 10.2 Å². The number of benzene rings is 2. The molecule has 0 radical (unpaired) electrons. The first-order valence-electron chi connectivity index (χ1n) is 5.79. The van der Waals surface area contributed by atoms with Gasteiger partial charge in [0.05, 0.1) is 0 Å². The van der Waals surface area contributed by atoms with Crippen LogP contribution in [0.4, 0.5) is 0 Å². The van der Waals surface area contributed by atoms with Gasteiger partial charge in [-0.25, -0.2) is 0 Å². The molecule has 2 heteroatoms. The molecule has 1 aliphatic carbocycles. The van der Waals surface area contributed by atoms with Gasteiger partial charge >= 0.3 is 0 Å². The van der Waals surface area contributed by atoms with Crippen LogP contribution in [-0.2, 0) is 12.8 Å². The molecule has 0 fully saturated rings. The molecule has 0 aliphatic heterocycles. The molecule has 0 heterocycles. The monoisotopic (exact) mass is 226 g/mol. The number of aromatic hydroxyl groups is 2. The number of fused-ring (bicyclic) bond motifs is 2. The average Bonchev–Trinajstić information content (AvgIpc) is 2.31. The zero-order valence-electron chi connectivity index (χ0n) is 9.70. The van der Waals surface area contributed by atoms with E-state index in [9.17, 15) is 10.2 Å². The first-order chi connectivity index (χ1) is 8.16. The van der Waals surface area contributed by atoms with E-state index in [0.29, 0.717) is 5.75 Å². The first kappa shape index (κ1) is 10.2.